The molecule has 0 aliphatic carbocycles. The number of nitriles is 1. The third kappa shape index (κ3) is 2.51. The summed E-state index contributed by atoms with van der Waals surface area (Å²) in [6, 6.07) is 2.14. The molecule has 0 saturated carbocycles. The van der Waals surface area contributed by atoms with E-state index in [1.54, 1.807) is 11.8 Å². The fourth-order valence-electron chi connectivity index (χ4n) is 1.75. The van der Waals surface area contributed by atoms with Gasteiger partial charge in [0.2, 0.25) is 0 Å². The summed E-state index contributed by atoms with van der Waals surface area (Å²) in [7, 11) is 0. The van der Waals surface area contributed by atoms with Crippen molar-refractivity contribution in [2.24, 2.45) is 0 Å². The van der Waals surface area contributed by atoms with Crippen molar-refractivity contribution in [2.75, 3.05) is 5.75 Å². The van der Waals surface area contributed by atoms with Crippen molar-refractivity contribution in [3.63, 3.8) is 0 Å². The normalized spacial score (nSPS) is 15.4. The lowest BCUT2D eigenvalue weighted by Gasteiger charge is -2.04. The van der Waals surface area contributed by atoms with E-state index in [1.165, 1.54) is 19.3 Å². The minimum Gasteiger partial charge on any atom is -0.306 e. The van der Waals surface area contributed by atoms with Crippen molar-refractivity contribution in [3.05, 3.63) is 5.82 Å². The van der Waals surface area contributed by atoms with Gasteiger partial charge in [0.05, 0.1) is 6.07 Å². The van der Waals surface area contributed by atoms with Crippen molar-refractivity contribution < 1.29 is 0 Å². The van der Waals surface area contributed by atoms with E-state index in [4.69, 9.17) is 5.26 Å². The number of rotatable bonds is 3. The Bertz CT molecular complexity index is 366. The van der Waals surface area contributed by atoms with E-state index in [9.17, 15) is 0 Å². The van der Waals surface area contributed by atoms with E-state index >= 15 is 0 Å². The van der Waals surface area contributed by atoms with Crippen molar-refractivity contribution in [3.8, 4) is 6.07 Å². The number of thioether (sulfide) groups is 1. The predicted molar refractivity (Wildman–Crippen MR) is 58.5 cm³/mol. The van der Waals surface area contributed by atoms with E-state index in [2.05, 4.69) is 20.8 Å². The number of aromatic nitrogens is 3. The summed E-state index contributed by atoms with van der Waals surface area (Å²) in [4.78, 5) is 0. The quantitative estimate of drug-likeness (QED) is 0.580. The summed E-state index contributed by atoms with van der Waals surface area (Å²) < 4.78 is 2.22. The fourth-order valence-corrected chi connectivity index (χ4v) is 2.58. The SMILES string of the molecule is N#CCCSc1nnc2n1CCCCC2. The highest BCUT2D eigenvalue weighted by molar-refractivity contribution is 7.99. The molecule has 15 heavy (non-hydrogen) atoms. The van der Waals surface area contributed by atoms with Gasteiger partial charge in [0.1, 0.15) is 5.82 Å². The van der Waals surface area contributed by atoms with Gasteiger partial charge in [-0.05, 0) is 12.8 Å². The molecule has 1 aromatic rings. The van der Waals surface area contributed by atoms with Crippen LogP contribution in [0, 0.1) is 11.3 Å². The maximum absolute atomic E-state index is 8.47. The van der Waals surface area contributed by atoms with Crippen LogP contribution in [0.4, 0.5) is 0 Å². The molecule has 0 amide bonds. The maximum Gasteiger partial charge on any atom is 0.191 e. The molecule has 1 aliphatic rings. The van der Waals surface area contributed by atoms with Gasteiger partial charge in [-0.15, -0.1) is 10.2 Å². The maximum atomic E-state index is 8.47. The lowest BCUT2D eigenvalue weighted by atomic mass is 10.2. The highest BCUT2D eigenvalue weighted by Gasteiger charge is 2.14. The van der Waals surface area contributed by atoms with Crippen LogP contribution in [0.5, 0.6) is 0 Å². The van der Waals surface area contributed by atoms with Crippen LogP contribution in [0.2, 0.25) is 0 Å². The first-order chi connectivity index (χ1) is 7.42. The summed E-state index contributed by atoms with van der Waals surface area (Å²) >= 11 is 1.64. The van der Waals surface area contributed by atoms with E-state index in [-0.39, 0.29) is 0 Å². The first-order valence-corrected chi connectivity index (χ1v) is 6.32. The van der Waals surface area contributed by atoms with Crippen LogP contribution < -0.4 is 0 Å². The van der Waals surface area contributed by atoms with Gasteiger partial charge in [-0.2, -0.15) is 5.26 Å². The summed E-state index contributed by atoms with van der Waals surface area (Å²) in [5.74, 6) is 1.93. The largest absolute Gasteiger partial charge is 0.306 e. The van der Waals surface area contributed by atoms with Gasteiger partial charge >= 0.3 is 0 Å². The molecule has 0 spiro atoms. The number of hydrogen-bond acceptors (Lipinski definition) is 4. The Hall–Kier alpha value is -1.02. The van der Waals surface area contributed by atoms with E-state index < -0.39 is 0 Å². The smallest absolute Gasteiger partial charge is 0.191 e. The van der Waals surface area contributed by atoms with Crippen molar-refractivity contribution >= 4 is 11.8 Å². The first kappa shape index (κ1) is 10.5. The summed E-state index contributed by atoms with van der Waals surface area (Å²) in [6.07, 6.45) is 5.35. The molecule has 0 bridgehead atoms. The molecule has 5 heteroatoms. The molecule has 0 unspecified atom stereocenters. The minimum atomic E-state index is 0.576. The second-order valence-corrected chi connectivity index (χ2v) is 4.68. The molecule has 80 valence electrons. The molecule has 4 nitrogen and oxygen atoms in total. The third-order valence-corrected chi connectivity index (χ3v) is 3.49. The Labute approximate surface area is 93.7 Å². The molecule has 0 N–H and O–H groups in total. The van der Waals surface area contributed by atoms with Crippen LogP contribution in [0.1, 0.15) is 31.5 Å². The van der Waals surface area contributed by atoms with E-state index in [1.807, 2.05) is 0 Å². The molecule has 0 aromatic carbocycles. The molecular weight excluding hydrogens is 208 g/mol. The molecule has 1 aliphatic heterocycles. The van der Waals surface area contributed by atoms with Gasteiger partial charge in [0, 0.05) is 25.1 Å². The number of aryl methyl sites for hydroxylation is 1. The number of hydrogen-bond donors (Lipinski definition) is 0. The monoisotopic (exact) mass is 222 g/mol. The highest BCUT2D eigenvalue weighted by atomic mass is 32.2. The summed E-state index contributed by atoms with van der Waals surface area (Å²) in [5, 5.41) is 17.8. The van der Waals surface area contributed by atoms with E-state index in [0.717, 1.165) is 29.7 Å². The molecule has 2 rings (SSSR count). The third-order valence-electron chi connectivity index (χ3n) is 2.52. The van der Waals surface area contributed by atoms with E-state index in [0.29, 0.717) is 6.42 Å². The standard InChI is InChI=1S/C10H14N4S/c11-6-4-8-15-10-13-12-9-5-2-1-3-7-14(9)10/h1-5,7-8H2. The Kier molecular flexibility index (Phi) is 3.62. The van der Waals surface area contributed by atoms with Gasteiger partial charge < -0.3 is 4.57 Å². The average Bonchev–Trinajstić information content (AvgIpc) is 2.50. The topological polar surface area (TPSA) is 54.5 Å². The Morgan fingerprint density at radius 3 is 3.13 bits per heavy atom. The lowest BCUT2D eigenvalue weighted by Crippen LogP contribution is -2.02. The van der Waals surface area contributed by atoms with Gasteiger partial charge in [-0.3, -0.25) is 0 Å². The van der Waals surface area contributed by atoms with Gasteiger partial charge in [0.25, 0.3) is 0 Å². The summed E-state index contributed by atoms with van der Waals surface area (Å²) in [6.45, 7) is 1.04. The number of fused-ring (bicyclic) bond motifs is 1. The molecule has 2 heterocycles. The predicted octanol–water partition coefficient (Wildman–Crippen LogP) is 2.01. The van der Waals surface area contributed by atoms with Crippen molar-refractivity contribution in [1.82, 2.24) is 14.8 Å². The Morgan fingerprint density at radius 2 is 2.27 bits per heavy atom. The zero-order chi connectivity index (χ0) is 10.5. The van der Waals surface area contributed by atoms with Crippen LogP contribution in [0.3, 0.4) is 0 Å². The molecule has 0 radical (unpaired) electrons. The molecule has 0 atom stereocenters. The van der Waals surface area contributed by atoms with Crippen LogP contribution in [-0.4, -0.2) is 20.5 Å². The molecule has 0 fully saturated rings. The van der Waals surface area contributed by atoms with Crippen molar-refractivity contribution in [1.29, 1.82) is 5.26 Å². The molecular formula is C10H14N4S. The second-order valence-electron chi connectivity index (χ2n) is 3.62. The second kappa shape index (κ2) is 5.17. The van der Waals surface area contributed by atoms with Crippen molar-refractivity contribution in [2.45, 2.75) is 43.8 Å². The fraction of sp³-hybridized carbons (Fsp3) is 0.700. The Morgan fingerprint density at radius 1 is 1.33 bits per heavy atom. The average molecular weight is 222 g/mol. The minimum absolute atomic E-state index is 0.576. The van der Waals surface area contributed by atoms with Crippen LogP contribution >= 0.6 is 11.8 Å². The van der Waals surface area contributed by atoms with Crippen LogP contribution in [0.15, 0.2) is 5.16 Å². The lowest BCUT2D eigenvalue weighted by molar-refractivity contribution is 0.591. The number of nitrogens with zero attached hydrogens (tertiary/aromatic N) is 4. The zero-order valence-corrected chi connectivity index (χ0v) is 9.46. The molecule has 1 aromatic heterocycles. The highest BCUT2D eigenvalue weighted by Crippen LogP contribution is 2.21. The van der Waals surface area contributed by atoms with Gasteiger partial charge in [-0.1, -0.05) is 18.2 Å². The first-order valence-electron chi connectivity index (χ1n) is 5.33. The van der Waals surface area contributed by atoms with Crippen LogP contribution in [0.25, 0.3) is 0 Å². The Balaban J connectivity index is 2.05. The van der Waals surface area contributed by atoms with Gasteiger partial charge in [0.15, 0.2) is 5.16 Å². The van der Waals surface area contributed by atoms with Gasteiger partial charge in [-0.25, -0.2) is 0 Å². The summed E-state index contributed by atoms with van der Waals surface area (Å²) in [5.41, 5.74) is 0. The van der Waals surface area contributed by atoms with Crippen LogP contribution in [-0.2, 0) is 13.0 Å². The zero-order valence-electron chi connectivity index (χ0n) is 8.65. The molecule has 0 saturated heterocycles.